The lowest BCUT2D eigenvalue weighted by molar-refractivity contribution is 0.102. The SMILES string of the molecule is O=C(Nc1nc(-c2cc(Cl)cs2)c(N2CCN(C3CCCCC3)CC2)s1)c1cnc(OCC2CCOC2)c(Cl)c1. The summed E-state index contributed by atoms with van der Waals surface area (Å²) >= 11 is 15.7. The fourth-order valence-electron chi connectivity index (χ4n) is 5.65. The summed E-state index contributed by atoms with van der Waals surface area (Å²) in [6.45, 7) is 5.89. The zero-order valence-corrected chi connectivity index (χ0v) is 25.4. The van der Waals surface area contributed by atoms with E-state index >= 15 is 0 Å². The average Bonchev–Trinajstić information content (AvgIpc) is 3.74. The Hall–Kier alpha value is -1.95. The predicted molar refractivity (Wildman–Crippen MR) is 163 cm³/mol. The number of pyridine rings is 1. The third kappa shape index (κ3) is 6.58. The number of rotatable bonds is 8. The summed E-state index contributed by atoms with van der Waals surface area (Å²) in [5.41, 5.74) is 1.21. The van der Waals surface area contributed by atoms with E-state index in [2.05, 4.69) is 20.1 Å². The van der Waals surface area contributed by atoms with Crippen LogP contribution in [-0.2, 0) is 4.74 Å². The van der Waals surface area contributed by atoms with Gasteiger partial charge < -0.3 is 14.4 Å². The summed E-state index contributed by atoms with van der Waals surface area (Å²) in [5, 5.41) is 7.47. The van der Waals surface area contributed by atoms with Gasteiger partial charge in [0.2, 0.25) is 5.88 Å². The van der Waals surface area contributed by atoms with Crippen LogP contribution < -0.4 is 15.0 Å². The van der Waals surface area contributed by atoms with E-state index in [-0.39, 0.29) is 5.91 Å². The van der Waals surface area contributed by atoms with Crippen molar-refractivity contribution >= 4 is 61.9 Å². The highest BCUT2D eigenvalue weighted by atomic mass is 35.5. The summed E-state index contributed by atoms with van der Waals surface area (Å²) in [6, 6.07) is 4.25. The Bertz CT molecular complexity index is 1320. The van der Waals surface area contributed by atoms with E-state index in [0.717, 1.165) is 60.8 Å². The van der Waals surface area contributed by atoms with Crippen molar-refractivity contribution in [1.82, 2.24) is 14.9 Å². The quantitative estimate of drug-likeness (QED) is 0.300. The number of nitrogens with one attached hydrogen (secondary N) is 1. The molecule has 3 aromatic rings. The van der Waals surface area contributed by atoms with Gasteiger partial charge in [-0.1, -0.05) is 53.8 Å². The summed E-state index contributed by atoms with van der Waals surface area (Å²) < 4.78 is 11.2. The van der Waals surface area contributed by atoms with Gasteiger partial charge in [0, 0.05) is 56.3 Å². The van der Waals surface area contributed by atoms with Crippen LogP contribution in [-0.4, -0.2) is 72.8 Å². The monoisotopic (exact) mass is 621 g/mol. The van der Waals surface area contributed by atoms with Gasteiger partial charge in [-0.2, -0.15) is 0 Å². The molecule has 3 aromatic heterocycles. The highest BCUT2D eigenvalue weighted by Crippen LogP contribution is 2.42. The van der Waals surface area contributed by atoms with Crippen molar-refractivity contribution < 1.29 is 14.3 Å². The Morgan fingerprint density at radius 2 is 1.95 bits per heavy atom. The van der Waals surface area contributed by atoms with E-state index < -0.39 is 0 Å². The van der Waals surface area contributed by atoms with Crippen LogP contribution in [0.4, 0.5) is 10.1 Å². The van der Waals surface area contributed by atoms with E-state index in [1.54, 1.807) is 17.4 Å². The van der Waals surface area contributed by atoms with Gasteiger partial charge >= 0.3 is 0 Å². The molecule has 3 fully saturated rings. The lowest BCUT2D eigenvalue weighted by atomic mass is 9.94. The number of carbonyl (C=O) groups is 1. The van der Waals surface area contributed by atoms with Crippen molar-refractivity contribution in [2.45, 2.75) is 44.6 Å². The van der Waals surface area contributed by atoms with Gasteiger partial charge in [0.1, 0.15) is 15.7 Å². The van der Waals surface area contributed by atoms with Crippen LogP contribution >= 0.6 is 45.9 Å². The van der Waals surface area contributed by atoms with Crippen LogP contribution in [0.15, 0.2) is 23.7 Å². The van der Waals surface area contributed by atoms with E-state index in [4.69, 9.17) is 37.7 Å². The van der Waals surface area contributed by atoms with Crippen molar-refractivity contribution in [2.75, 3.05) is 56.2 Å². The van der Waals surface area contributed by atoms with Gasteiger partial charge in [-0.05, 0) is 31.4 Å². The molecule has 0 aromatic carbocycles. The number of amides is 1. The first-order valence-electron chi connectivity index (χ1n) is 13.9. The summed E-state index contributed by atoms with van der Waals surface area (Å²) in [7, 11) is 0. The van der Waals surface area contributed by atoms with E-state index in [0.29, 0.717) is 45.8 Å². The third-order valence-corrected chi connectivity index (χ3v) is 10.5. The van der Waals surface area contributed by atoms with Gasteiger partial charge in [-0.3, -0.25) is 15.0 Å². The first kappa shape index (κ1) is 28.2. The first-order valence-corrected chi connectivity index (χ1v) is 16.4. The number of halogens is 2. The number of hydrogen-bond acceptors (Lipinski definition) is 9. The van der Waals surface area contributed by atoms with Crippen molar-refractivity contribution in [3.63, 3.8) is 0 Å². The maximum absolute atomic E-state index is 13.2. The number of ether oxygens (including phenoxy) is 2. The molecule has 2 saturated heterocycles. The molecule has 12 heteroatoms. The lowest BCUT2D eigenvalue weighted by Gasteiger charge is -2.41. The molecule has 1 saturated carbocycles. The molecule has 6 rings (SSSR count). The Balaban J connectivity index is 1.15. The molecular formula is C28H33Cl2N5O3S2. The molecule has 5 heterocycles. The van der Waals surface area contributed by atoms with Crippen LogP contribution in [0.2, 0.25) is 10.0 Å². The predicted octanol–water partition coefficient (Wildman–Crippen LogP) is 6.70. The summed E-state index contributed by atoms with van der Waals surface area (Å²) in [5.74, 6) is 0.344. The van der Waals surface area contributed by atoms with Crippen molar-refractivity contribution in [1.29, 1.82) is 0 Å². The molecule has 214 valence electrons. The van der Waals surface area contributed by atoms with Crippen LogP contribution in [0.3, 0.4) is 0 Å². The van der Waals surface area contributed by atoms with E-state index in [9.17, 15) is 4.79 Å². The molecular weight excluding hydrogens is 589 g/mol. The largest absolute Gasteiger partial charge is 0.476 e. The Morgan fingerprint density at radius 1 is 1.12 bits per heavy atom. The number of anilines is 2. The Labute approximate surface area is 252 Å². The molecule has 0 bridgehead atoms. The second-order valence-electron chi connectivity index (χ2n) is 10.6. The fraction of sp³-hybridized carbons (Fsp3) is 0.536. The zero-order chi connectivity index (χ0) is 27.5. The highest BCUT2D eigenvalue weighted by Gasteiger charge is 2.28. The van der Waals surface area contributed by atoms with E-state index in [1.807, 2.05) is 11.4 Å². The number of thiazole rings is 1. The van der Waals surface area contributed by atoms with Crippen molar-refractivity contribution in [3.8, 4) is 16.5 Å². The molecule has 0 spiro atoms. The first-order chi connectivity index (χ1) is 19.5. The molecule has 1 unspecified atom stereocenters. The standard InChI is InChI=1S/C28H33Cl2N5O3S2/c29-20-13-23(39-17-20)24-27(35-9-7-34(8-10-35)21-4-2-1-3-5-21)40-28(32-24)33-25(36)19-12-22(30)26(31-14-19)38-16-18-6-11-37-15-18/h12-14,17-18,21H,1-11,15-16H2,(H,32,33,36). The highest BCUT2D eigenvalue weighted by molar-refractivity contribution is 7.21. The van der Waals surface area contributed by atoms with Gasteiger partial charge in [-0.25, -0.2) is 9.97 Å². The molecule has 8 nitrogen and oxygen atoms in total. The van der Waals surface area contributed by atoms with E-state index in [1.165, 1.54) is 49.6 Å². The number of aromatic nitrogens is 2. The summed E-state index contributed by atoms with van der Waals surface area (Å²) in [4.78, 5) is 28.4. The molecule has 1 amide bonds. The third-order valence-electron chi connectivity index (χ3n) is 7.87. The average molecular weight is 623 g/mol. The van der Waals surface area contributed by atoms with Crippen molar-refractivity contribution in [2.24, 2.45) is 5.92 Å². The maximum Gasteiger partial charge on any atom is 0.259 e. The minimum atomic E-state index is -0.316. The molecule has 0 radical (unpaired) electrons. The van der Waals surface area contributed by atoms with Crippen LogP contribution in [0.1, 0.15) is 48.9 Å². The number of carbonyl (C=O) groups excluding carboxylic acids is 1. The number of thiophene rings is 1. The second-order valence-corrected chi connectivity index (χ2v) is 13.4. The number of nitrogens with zero attached hydrogens (tertiary/aromatic N) is 4. The van der Waals surface area contributed by atoms with Gasteiger partial charge in [0.15, 0.2) is 5.13 Å². The molecule has 1 aliphatic carbocycles. The van der Waals surface area contributed by atoms with Crippen LogP contribution in [0.25, 0.3) is 10.6 Å². The van der Waals surface area contributed by atoms with Gasteiger partial charge in [0.25, 0.3) is 5.91 Å². The fourth-order valence-corrected chi connectivity index (χ4v) is 8.03. The maximum atomic E-state index is 13.2. The van der Waals surface area contributed by atoms with Crippen LogP contribution in [0.5, 0.6) is 5.88 Å². The molecule has 3 aliphatic rings. The van der Waals surface area contributed by atoms with Crippen molar-refractivity contribution in [3.05, 3.63) is 39.3 Å². The van der Waals surface area contributed by atoms with Gasteiger partial charge in [-0.15, -0.1) is 11.3 Å². The Kier molecular flexibility index (Phi) is 9.10. The zero-order valence-electron chi connectivity index (χ0n) is 22.2. The minimum Gasteiger partial charge on any atom is -0.476 e. The molecule has 40 heavy (non-hydrogen) atoms. The minimum absolute atomic E-state index is 0.302. The molecule has 1 N–H and O–H groups in total. The molecule has 1 atom stereocenters. The summed E-state index contributed by atoms with van der Waals surface area (Å²) in [6.07, 6.45) is 9.14. The number of hydrogen-bond donors (Lipinski definition) is 1. The smallest absolute Gasteiger partial charge is 0.259 e. The van der Waals surface area contributed by atoms with Crippen LogP contribution in [0, 0.1) is 5.92 Å². The molecule has 2 aliphatic heterocycles. The normalized spacial score (nSPS) is 20.6. The van der Waals surface area contributed by atoms with Gasteiger partial charge in [0.05, 0.1) is 28.7 Å². The Morgan fingerprint density at radius 3 is 2.65 bits per heavy atom. The number of piperazine rings is 1. The lowest BCUT2D eigenvalue weighted by Crippen LogP contribution is -2.50. The second kappa shape index (κ2) is 12.9. The topological polar surface area (TPSA) is 79.8 Å².